The number of benzene rings is 2. The molecule has 1 aliphatic rings. The Morgan fingerprint density at radius 1 is 1.12 bits per heavy atom. The van der Waals surface area contributed by atoms with Crippen molar-refractivity contribution in [1.29, 1.82) is 0 Å². The minimum atomic E-state index is -3.47. The van der Waals surface area contributed by atoms with Crippen molar-refractivity contribution in [3.05, 3.63) is 58.1 Å². The van der Waals surface area contributed by atoms with Crippen LogP contribution in [0.4, 0.5) is 5.69 Å². The number of thioether (sulfide) groups is 1. The Morgan fingerprint density at radius 3 is 2.38 bits per heavy atom. The number of nitrogens with zero attached hydrogens (tertiary/aromatic N) is 1. The fourth-order valence-corrected chi connectivity index (χ4v) is 5.46. The first-order valence-corrected chi connectivity index (χ1v) is 11.5. The first-order chi connectivity index (χ1) is 12.4. The predicted octanol–water partition coefficient (Wildman–Crippen LogP) is 3.75. The van der Waals surface area contributed by atoms with Crippen LogP contribution in [0.1, 0.15) is 15.9 Å². The van der Waals surface area contributed by atoms with Gasteiger partial charge in [0.2, 0.25) is 10.0 Å². The molecule has 138 valence electrons. The molecular formula is C18H19BrN2O3S2. The van der Waals surface area contributed by atoms with Gasteiger partial charge in [0.05, 0.1) is 4.90 Å². The Bertz CT molecular complexity index is 909. The summed E-state index contributed by atoms with van der Waals surface area (Å²) >= 11 is 5.17. The molecule has 1 fully saturated rings. The number of hydrogen-bond donors (Lipinski definition) is 1. The molecular weight excluding hydrogens is 436 g/mol. The topological polar surface area (TPSA) is 66.5 Å². The van der Waals surface area contributed by atoms with E-state index in [1.54, 1.807) is 48.2 Å². The molecule has 1 heterocycles. The van der Waals surface area contributed by atoms with E-state index in [1.165, 1.54) is 4.31 Å². The van der Waals surface area contributed by atoms with E-state index >= 15 is 0 Å². The second-order valence-electron chi connectivity index (χ2n) is 5.96. The maximum absolute atomic E-state index is 12.6. The number of sulfonamides is 1. The van der Waals surface area contributed by atoms with Crippen LogP contribution in [-0.4, -0.2) is 43.2 Å². The number of amides is 1. The summed E-state index contributed by atoms with van der Waals surface area (Å²) < 4.78 is 27.7. The number of carbonyl (C=O) groups excluding carboxylic acids is 1. The third-order valence-corrected chi connectivity index (χ3v) is 7.89. The molecule has 1 aliphatic heterocycles. The van der Waals surface area contributed by atoms with E-state index in [9.17, 15) is 13.2 Å². The van der Waals surface area contributed by atoms with E-state index in [4.69, 9.17) is 0 Å². The van der Waals surface area contributed by atoms with Gasteiger partial charge in [-0.2, -0.15) is 16.1 Å². The van der Waals surface area contributed by atoms with Gasteiger partial charge in [-0.05, 0) is 55.0 Å². The van der Waals surface area contributed by atoms with Crippen molar-refractivity contribution in [1.82, 2.24) is 4.31 Å². The van der Waals surface area contributed by atoms with Gasteiger partial charge in [-0.15, -0.1) is 0 Å². The van der Waals surface area contributed by atoms with Crippen molar-refractivity contribution < 1.29 is 13.2 Å². The highest BCUT2D eigenvalue weighted by atomic mass is 79.9. The van der Waals surface area contributed by atoms with Gasteiger partial charge in [-0.3, -0.25) is 4.79 Å². The monoisotopic (exact) mass is 454 g/mol. The molecule has 0 aromatic heterocycles. The van der Waals surface area contributed by atoms with Crippen LogP contribution >= 0.6 is 27.7 Å². The molecule has 0 spiro atoms. The van der Waals surface area contributed by atoms with E-state index in [0.29, 0.717) is 24.3 Å². The summed E-state index contributed by atoms with van der Waals surface area (Å²) in [5.41, 5.74) is 2.08. The normalized spacial score (nSPS) is 15.6. The maximum Gasteiger partial charge on any atom is 0.255 e. The molecule has 0 aliphatic carbocycles. The van der Waals surface area contributed by atoms with Crippen LogP contribution < -0.4 is 5.32 Å². The quantitative estimate of drug-likeness (QED) is 0.763. The summed E-state index contributed by atoms with van der Waals surface area (Å²) in [6.45, 7) is 2.99. The molecule has 2 aromatic carbocycles. The molecule has 5 nitrogen and oxygen atoms in total. The highest BCUT2D eigenvalue weighted by Gasteiger charge is 2.25. The first-order valence-electron chi connectivity index (χ1n) is 8.13. The average molecular weight is 455 g/mol. The van der Waals surface area contributed by atoms with Crippen molar-refractivity contribution in [2.45, 2.75) is 11.8 Å². The number of carbonyl (C=O) groups is 1. The molecule has 0 atom stereocenters. The van der Waals surface area contributed by atoms with Crippen LogP contribution in [0, 0.1) is 6.92 Å². The van der Waals surface area contributed by atoms with Crippen LogP contribution in [0.15, 0.2) is 51.8 Å². The third kappa shape index (κ3) is 4.31. The molecule has 0 radical (unpaired) electrons. The van der Waals surface area contributed by atoms with Gasteiger partial charge in [-0.25, -0.2) is 8.42 Å². The largest absolute Gasteiger partial charge is 0.322 e. The van der Waals surface area contributed by atoms with Gasteiger partial charge >= 0.3 is 0 Å². The van der Waals surface area contributed by atoms with Crippen molar-refractivity contribution in [3.63, 3.8) is 0 Å². The lowest BCUT2D eigenvalue weighted by atomic mass is 10.1. The van der Waals surface area contributed by atoms with Crippen molar-refractivity contribution in [2.75, 3.05) is 29.9 Å². The molecule has 0 bridgehead atoms. The minimum absolute atomic E-state index is 0.232. The van der Waals surface area contributed by atoms with Gasteiger partial charge < -0.3 is 5.32 Å². The standard InChI is InChI=1S/C18H19BrN2O3S2/c1-13-12-14(2-7-17(13)19)18(22)20-15-3-5-16(6-4-15)26(23,24)21-8-10-25-11-9-21/h2-7,12H,8-11H2,1H3,(H,20,22). The van der Waals surface area contributed by atoms with Crippen LogP contribution in [0.2, 0.25) is 0 Å². The van der Waals surface area contributed by atoms with Gasteiger partial charge in [0.15, 0.2) is 0 Å². The second-order valence-corrected chi connectivity index (χ2v) is 9.98. The van der Waals surface area contributed by atoms with Crippen LogP contribution in [0.25, 0.3) is 0 Å². The van der Waals surface area contributed by atoms with Crippen molar-refractivity contribution >= 4 is 49.3 Å². The fraction of sp³-hybridized carbons (Fsp3) is 0.278. The zero-order valence-electron chi connectivity index (χ0n) is 14.2. The van der Waals surface area contributed by atoms with Crippen LogP contribution in [0.3, 0.4) is 0 Å². The summed E-state index contributed by atoms with van der Waals surface area (Å²) in [7, 11) is -3.47. The van der Waals surface area contributed by atoms with E-state index in [-0.39, 0.29) is 10.8 Å². The van der Waals surface area contributed by atoms with Crippen molar-refractivity contribution in [2.24, 2.45) is 0 Å². The maximum atomic E-state index is 12.6. The Balaban J connectivity index is 1.73. The highest BCUT2D eigenvalue weighted by molar-refractivity contribution is 9.10. The molecule has 0 unspecified atom stereocenters. The molecule has 1 saturated heterocycles. The van der Waals surface area contributed by atoms with Gasteiger partial charge in [-0.1, -0.05) is 15.9 Å². The lowest BCUT2D eigenvalue weighted by Crippen LogP contribution is -2.37. The number of anilines is 1. The first kappa shape index (κ1) is 19.4. The molecule has 1 amide bonds. The van der Waals surface area contributed by atoms with Crippen LogP contribution in [-0.2, 0) is 10.0 Å². The number of halogens is 1. The number of rotatable bonds is 4. The fourth-order valence-electron chi connectivity index (χ4n) is 2.64. The summed E-state index contributed by atoms with van der Waals surface area (Å²) in [6.07, 6.45) is 0. The Labute approximate surface area is 166 Å². The predicted molar refractivity (Wildman–Crippen MR) is 109 cm³/mol. The SMILES string of the molecule is Cc1cc(C(=O)Nc2ccc(S(=O)(=O)N3CCSCC3)cc2)ccc1Br. The lowest BCUT2D eigenvalue weighted by Gasteiger charge is -2.25. The van der Waals surface area contributed by atoms with Crippen LogP contribution in [0.5, 0.6) is 0 Å². The van der Waals surface area contributed by atoms with E-state index < -0.39 is 10.0 Å². The van der Waals surface area contributed by atoms with Gasteiger partial charge in [0.1, 0.15) is 0 Å². The number of nitrogens with one attached hydrogen (secondary N) is 1. The van der Waals surface area contributed by atoms with E-state index in [2.05, 4.69) is 21.2 Å². The van der Waals surface area contributed by atoms with Gasteiger partial charge in [0.25, 0.3) is 5.91 Å². The Kier molecular flexibility index (Phi) is 6.06. The second kappa shape index (κ2) is 8.12. The molecule has 1 N–H and O–H groups in total. The average Bonchev–Trinajstić information content (AvgIpc) is 2.65. The Morgan fingerprint density at radius 2 is 1.77 bits per heavy atom. The number of hydrogen-bond acceptors (Lipinski definition) is 4. The summed E-state index contributed by atoms with van der Waals surface area (Å²) in [4.78, 5) is 12.6. The highest BCUT2D eigenvalue weighted by Crippen LogP contribution is 2.22. The number of aryl methyl sites for hydroxylation is 1. The van der Waals surface area contributed by atoms with E-state index in [1.807, 2.05) is 13.0 Å². The third-order valence-electron chi connectivity index (χ3n) is 4.14. The zero-order valence-corrected chi connectivity index (χ0v) is 17.5. The smallest absolute Gasteiger partial charge is 0.255 e. The molecule has 26 heavy (non-hydrogen) atoms. The molecule has 8 heteroatoms. The zero-order chi connectivity index (χ0) is 18.7. The summed E-state index contributed by atoms with van der Waals surface area (Å²) in [5, 5.41) is 2.80. The lowest BCUT2D eigenvalue weighted by molar-refractivity contribution is 0.102. The van der Waals surface area contributed by atoms with E-state index in [0.717, 1.165) is 21.5 Å². The summed E-state index contributed by atoms with van der Waals surface area (Å²) in [6, 6.07) is 11.7. The summed E-state index contributed by atoms with van der Waals surface area (Å²) in [5.74, 6) is 1.41. The minimum Gasteiger partial charge on any atom is -0.322 e. The van der Waals surface area contributed by atoms with Crippen molar-refractivity contribution in [3.8, 4) is 0 Å². The molecule has 3 rings (SSSR count). The van der Waals surface area contributed by atoms with Gasteiger partial charge in [0, 0.05) is 40.3 Å². The molecule has 2 aromatic rings. The Hall–Kier alpha value is -1.35. The molecule has 0 saturated carbocycles.